The van der Waals surface area contributed by atoms with E-state index in [-0.39, 0.29) is 18.4 Å². The second-order valence-corrected chi connectivity index (χ2v) is 7.03. The molecular formula is C15H14Cl2N4O2S. The molecule has 2 amide bonds. The highest BCUT2D eigenvalue weighted by atomic mass is 35.5. The normalized spacial score (nSPS) is 14.2. The lowest BCUT2D eigenvalue weighted by molar-refractivity contribution is -0.130. The van der Waals surface area contributed by atoms with Crippen LogP contribution < -0.4 is 5.32 Å². The summed E-state index contributed by atoms with van der Waals surface area (Å²) < 4.78 is 1.63. The van der Waals surface area contributed by atoms with Crippen molar-refractivity contribution in [3.63, 3.8) is 0 Å². The molecule has 6 nitrogen and oxygen atoms in total. The molecule has 0 aliphatic carbocycles. The average molecular weight is 385 g/mol. The van der Waals surface area contributed by atoms with Crippen LogP contribution in [0.3, 0.4) is 0 Å². The van der Waals surface area contributed by atoms with Gasteiger partial charge in [-0.3, -0.25) is 9.59 Å². The Bertz CT molecular complexity index is 781. The van der Waals surface area contributed by atoms with Crippen LogP contribution in [0.2, 0.25) is 10.0 Å². The SMILES string of the molecule is O=C(CN1CSCC1=O)Nc1ccnn1Cc1ccc(Cl)cc1Cl. The Morgan fingerprint density at radius 1 is 1.33 bits per heavy atom. The highest BCUT2D eigenvalue weighted by Crippen LogP contribution is 2.22. The maximum absolute atomic E-state index is 12.1. The van der Waals surface area contributed by atoms with Gasteiger partial charge in [-0.2, -0.15) is 5.10 Å². The molecule has 0 spiro atoms. The predicted octanol–water partition coefficient (Wildman–Crippen LogP) is 2.71. The highest BCUT2D eigenvalue weighted by molar-refractivity contribution is 8.00. The molecule has 0 radical (unpaired) electrons. The molecule has 126 valence electrons. The molecule has 0 unspecified atom stereocenters. The number of hydrogen-bond acceptors (Lipinski definition) is 4. The summed E-state index contributed by atoms with van der Waals surface area (Å²) in [5.74, 6) is 1.25. The largest absolute Gasteiger partial charge is 0.323 e. The summed E-state index contributed by atoms with van der Waals surface area (Å²) in [6, 6.07) is 6.93. The first-order valence-electron chi connectivity index (χ1n) is 7.14. The van der Waals surface area contributed by atoms with Gasteiger partial charge in [-0.1, -0.05) is 29.3 Å². The van der Waals surface area contributed by atoms with E-state index in [0.29, 0.717) is 34.0 Å². The molecule has 24 heavy (non-hydrogen) atoms. The zero-order chi connectivity index (χ0) is 17.1. The fraction of sp³-hybridized carbons (Fsp3) is 0.267. The Labute approximate surface area is 153 Å². The van der Waals surface area contributed by atoms with Gasteiger partial charge in [-0.25, -0.2) is 4.68 Å². The Balaban J connectivity index is 1.66. The van der Waals surface area contributed by atoms with Gasteiger partial charge in [0, 0.05) is 16.1 Å². The zero-order valence-electron chi connectivity index (χ0n) is 12.5. The van der Waals surface area contributed by atoms with Gasteiger partial charge in [-0.15, -0.1) is 11.8 Å². The molecule has 1 aromatic heterocycles. The van der Waals surface area contributed by atoms with Gasteiger partial charge >= 0.3 is 0 Å². The molecule has 1 fully saturated rings. The monoisotopic (exact) mass is 384 g/mol. The molecular weight excluding hydrogens is 371 g/mol. The maximum Gasteiger partial charge on any atom is 0.245 e. The molecule has 0 atom stereocenters. The van der Waals surface area contributed by atoms with Crippen LogP contribution in [-0.2, 0) is 16.1 Å². The second-order valence-electron chi connectivity index (χ2n) is 5.23. The average Bonchev–Trinajstić information content (AvgIpc) is 3.12. The van der Waals surface area contributed by atoms with Crippen molar-refractivity contribution in [3.05, 3.63) is 46.1 Å². The van der Waals surface area contributed by atoms with Gasteiger partial charge in [0.15, 0.2) is 0 Å². The van der Waals surface area contributed by atoms with Gasteiger partial charge in [0.05, 0.1) is 24.4 Å². The van der Waals surface area contributed by atoms with Gasteiger partial charge in [0.1, 0.15) is 12.4 Å². The Hall–Kier alpha value is -1.70. The number of thioether (sulfide) groups is 1. The van der Waals surface area contributed by atoms with Crippen molar-refractivity contribution in [2.24, 2.45) is 0 Å². The Kier molecular flexibility index (Phi) is 5.33. The van der Waals surface area contributed by atoms with E-state index in [1.54, 1.807) is 29.1 Å². The van der Waals surface area contributed by atoms with Gasteiger partial charge < -0.3 is 10.2 Å². The van der Waals surface area contributed by atoms with Crippen LogP contribution >= 0.6 is 35.0 Å². The van der Waals surface area contributed by atoms with E-state index in [1.165, 1.54) is 16.7 Å². The third-order valence-electron chi connectivity index (χ3n) is 3.48. The number of amides is 2. The van der Waals surface area contributed by atoms with E-state index in [4.69, 9.17) is 23.2 Å². The van der Waals surface area contributed by atoms with Crippen LogP contribution in [0.4, 0.5) is 5.82 Å². The molecule has 1 aliphatic heterocycles. The number of hydrogen-bond donors (Lipinski definition) is 1. The van der Waals surface area contributed by atoms with E-state index >= 15 is 0 Å². The first-order chi connectivity index (χ1) is 11.5. The van der Waals surface area contributed by atoms with E-state index < -0.39 is 0 Å². The maximum atomic E-state index is 12.1. The van der Waals surface area contributed by atoms with E-state index in [0.717, 1.165) is 5.56 Å². The van der Waals surface area contributed by atoms with Crippen molar-refractivity contribution >= 4 is 52.6 Å². The lowest BCUT2D eigenvalue weighted by atomic mass is 10.2. The molecule has 9 heteroatoms. The summed E-state index contributed by atoms with van der Waals surface area (Å²) in [6.45, 7) is 0.440. The lowest BCUT2D eigenvalue weighted by Crippen LogP contribution is -2.34. The quantitative estimate of drug-likeness (QED) is 0.860. The molecule has 2 heterocycles. The summed E-state index contributed by atoms with van der Waals surface area (Å²) in [5, 5.41) is 8.08. The second kappa shape index (κ2) is 7.46. The third kappa shape index (κ3) is 4.03. The van der Waals surface area contributed by atoms with Crippen molar-refractivity contribution in [1.29, 1.82) is 0 Å². The van der Waals surface area contributed by atoms with E-state index in [9.17, 15) is 9.59 Å². The van der Waals surface area contributed by atoms with Crippen LogP contribution in [-0.4, -0.2) is 44.7 Å². The van der Waals surface area contributed by atoms with Gasteiger partial charge in [0.25, 0.3) is 0 Å². The Morgan fingerprint density at radius 2 is 2.17 bits per heavy atom. The molecule has 0 saturated carbocycles. The number of aromatic nitrogens is 2. The van der Waals surface area contributed by atoms with Crippen LogP contribution in [0.15, 0.2) is 30.5 Å². The number of anilines is 1. The fourth-order valence-electron chi connectivity index (χ4n) is 2.27. The fourth-order valence-corrected chi connectivity index (χ4v) is 3.64. The number of carbonyl (C=O) groups is 2. The number of rotatable bonds is 5. The van der Waals surface area contributed by atoms with Crippen molar-refractivity contribution in [3.8, 4) is 0 Å². The topological polar surface area (TPSA) is 67.2 Å². The molecule has 1 saturated heterocycles. The van der Waals surface area contributed by atoms with Crippen molar-refractivity contribution in [1.82, 2.24) is 14.7 Å². The van der Waals surface area contributed by atoms with Crippen LogP contribution in [0.5, 0.6) is 0 Å². The number of halogens is 2. The molecule has 2 aromatic rings. The molecule has 1 N–H and O–H groups in total. The molecule has 0 bridgehead atoms. The van der Waals surface area contributed by atoms with E-state index in [1.807, 2.05) is 6.07 Å². The van der Waals surface area contributed by atoms with Crippen LogP contribution in [0.25, 0.3) is 0 Å². The molecule has 1 aliphatic rings. The minimum atomic E-state index is -0.255. The lowest BCUT2D eigenvalue weighted by Gasteiger charge is -2.15. The summed E-state index contributed by atoms with van der Waals surface area (Å²) in [6.07, 6.45) is 1.59. The number of nitrogens with one attached hydrogen (secondary N) is 1. The van der Waals surface area contributed by atoms with Crippen LogP contribution in [0.1, 0.15) is 5.56 Å². The number of nitrogens with zero attached hydrogens (tertiary/aromatic N) is 3. The third-order valence-corrected chi connectivity index (χ3v) is 5.01. The predicted molar refractivity (Wildman–Crippen MR) is 95.5 cm³/mol. The first kappa shape index (κ1) is 17.1. The summed E-state index contributed by atoms with van der Waals surface area (Å²) in [7, 11) is 0. The smallest absolute Gasteiger partial charge is 0.245 e. The Morgan fingerprint density at radius 3 is 2.88 bits per heavy atom. The summed E-state index contributed by atoms with van der Waals surface area (Å²) in [5.41, 5.74) is 0.839. The zero-order valence-corrected chi connectivity index (χ0v) is 14.9. The van der Waals surface area contributed by atoms with Gasteiger partial charge in [-0.05, 0) is 17.7 Å². The van der Waals surface area contributed by atoms with Crippen molar-refractivity contribution in [2.45, 2.75) is 6.54 Å². The molecule has 1 aromatic carbocycles. The standard InChI is InChI=1S/C15H14Cl2N4O2S/c16-11-2-1-10(12(17)5-11)6-21-13(3-4-18-21)19-14(22)7-20-9-24-8-15(20)23/h1-5H,6-9H2,(H,19,22). The number of benzene rings is 1. The minimum Gasteiger partial charge on any atom is -0.323 e. The van der Waals surface area contributed by atoms with E-state index in [2.05, 4.69) is 10.4 Å². The highest BCUT2D eigenvalue weighted by Gasteiger charge is 2.23. The van der Waals surface area contributed by atoms with Crippen molar-refractivity contribution < 1.29 is 9.59 Å². The minimum absolute atomic E-state index is 0.0170. The summed E-state index contributed by atoms with van der Waals surface area (Å²) >= 11 is 13.6. The van der Waals surface area contributed by atoms with Gasteiger partial charge in [0.2, 0.25) is 11.8 Å². The molecule has 3 rings (SSSR count). The number of carbonyl (C=O) groups excluding carboxylic acids is 2. The first-order valence-corrected chi connectivity index (χ1v) is 9.05. The summed E-state index contributed by atoms with van der Waals surface area (Å²) in [4.78, 5) is 25.2. The van der Waals surface area contributed by atoms with Crippen molar-refractivity contribution in [2.75, 3.05) is 23.5 Å². The van der Waals surface area contributed by atoms with Crippen LogP contribution in [0, 0.1) is 0 Å².